The molecule has 4 fully saturated rings. The first-order valence-electron chi connectivity index (χ1n) is 13.0. The van der Waals surface area contributed by atoms with Crippen molar-refractivity contribution >= 4 is 30.8 Å². The molecule has 0 aromatic rings. The number of fused-ring (bicyclic) bond motifs is 6. The first-order chi connectivity index (χ1) is 18.4. The Morgan fingerprint density at radius 2 is 1.82 bits per heavy atom. The van der Waals surface area contributed by atoms with E-state index in [4.69, 9.17) is 16.3 Å². The van der Waals surface area contributed by atoms with Gasteiger partial charge in [-0.1, -0.05) is 40.5 Å². The normalized spacial score (nSPS) is 33.6. The average Bonchev–Trinajstić information content (AvgIpc) is 3.59. The molecule has 2 saturated heterocycles. The van der Waals surface area contributed by atoms with Gasteiger partial charge in [0.1, 0.15) is 13.2 Å². The molecule has 12 heteroatoms. The van der Waals surface area contributed by atoms with Gasteiger partial charge in [0.25, 0.3) is 5.91 Å². The van der Waals surface area contributed by atoms with Gasteiger partial charge in [0.05, 0.1) is 35.0 Å². The smallest absolute Gasteiger partial charge is 0.399 e. The zero-order chi connectivity index (χ0) is 28.2. The lowest BCUT2D eigenvalue weighted by Gasteiger charge is -2.30. The van der Waals surface area contributed by atoms with Crippen LogP contribution in [-0.4, -0.2) is 54.4 Å². The van der Waals surface area contributed by atoms with E-state index in [0.717, 1.165) is 29.6 Å². The summed E-state index contributed by atoms with van der Waals surface area (Å²) in [4.78, 5) is 25.9. The molecule has 212 valence electrons. The molecule has 39 heavy (non-hydrogen) atoms. The molecule has 5 aliphatic rings. The summed E-state index contributed by atoms with van der Waals surface area (Å²) < 4.78 is 59.8. The average molecular weight is 590 g/mol. The van der Waals surface area contributed by atoms with Crippen LogP contribution in [0.3, 0.4) is 0 Å². The van der Waals surface area contributed by atoms with Gasteiger partial charge < -0.3 is 15.2 Å². The molecule has 0 radical (unpaired) electrons. The van der Waals surface area contributed by atoms with E-state index in [0.29, 0.717) is 55.6 Å². The number of carbonyl (C=O) groups is 2. The van der Waals surface area contributed by atoms with Crippen molar-refractivity contribution in [2.45, 2.75) is 50.5 Å². The zero-order valence-corrected chi connectivity index (χ0v) is 22.9. The van der Waals surface area contributed by atoms with Gasteiger partial charge in [-0.2, -0.15) is 13.2 Å². The largest absolute Gasteiger partial charge is 0.491 e. The van der Waals surface area contributed by atoms with E-state index in [1.807, 2.05) is 0 Å². The number of ether oxygens (including phenoxy) is 1. The second-order valence-corrected chi connectivity index (χ2v) is 15.1. The van der Waals surface area contributed by atoms with Gasteiger partial charge in [-0.25, -0.2) is 9.48 Å². The van der Waals surface area contributed by atoms with Crippen molar-refractivity contribution in [3.63, 3.8) is 0 Å². The number of rotatable bonds is 9. The van der Waals surface area contributed by atoms with Crippen LogP contribution in [0.1, 0.15) is 38.5 Å². The number of aliphatic hydroxyl groups excluding tert-OH is 1. The Hall–Kier alpha value is -2.16. The molecule has 5 rings (SSSR count). The summed E-state index contributed by atoms with van der Waals surface area (Å²) in [6, 6.07) is 0. The highest BCUT2D eigenvalue weighted by Gasteiger charge is 2.70. The monoisotopic (exact) mass is 589 g/mol. The Bertz CT molecular complexity index is 1200. The van der Waals surface area contributed by atoms with E-state index in [-0.39, 0.29) is 29.8 Å². The summed E-state index contributed by atoms with van der Waals surface area (Å²) in [5.41, 5.74) is 1.87. The fourth-order valence-corrected chi connectivity index (χ4v) is 11.9. The van der Waals surface area contributed by atoms with Gasteiger partial charge in [-0.05, 0) is 31.8 Å². The minimum Gasteiger partial charge on any atom is -0.491 e. The van der Waals surface area contributed by atoms with Gasteiger partial charge >= 0.3 is 6.18 Å². The number of halogens is 5. The summed E-state index contributed by atoms with van der Waals surface area (Å²) in [5.74, 6) is -3.89. The summed E-state index contributed by atoms with van der Waals surface area (Å²) in [6.07, 6.45) is 2.56. The maximum Gasteiger partial charge on any atom is 0.399 e. The maximum absolute atomic E-state index is 13.7. The lowest BCUT2D eigenvalue weighted by molar-refractivity contribution is -0.153. The van der Waals surface area contributed by atoms with Gasteiger partial charge in [0.2, 0.25) is 5.91 Å². The molecule has 2 heterocycles. The lowest BCUT2D eigenvalue weighted by Crippen LogP contribution is -2.43. The molecule has 2 amide bonds. The number of aliphatic hydroxyl groups is 1. The predicted octanol–water partition coefficient (Wildman–Crippen LogP) is 5.39. The van der Waals surface area contributed by atoms with Crippen LogP contribution in [0.5, 0.6) is 0 Å². The van der Waals surface area contributed by atoms with Gasteiger partial charge in [-0.15, -0.1) is 0 Å². The predicted molar refractivity (Wildman–Crippen MR) is 140 cm³/mol. The Labute approximate surface area is 229 Å². The van der Waals surface area contributed by atoms with Crippen molar-refractivity contribution in [1.29, 1.82) is 0 Å². The van der Waals surface area contributed by atoms with E-state index >= 15 is 0 Å². The highest BCUT2D eigenvalue weighted by molar-refractivity contribution is 7.75. The fraction of sp³-hybridized carbons (Fsp3) is 0.556. The molecular formula is C27H31ClF4N2O4P+. The second-order valence-electron chi connectivity index (χ2n) is 11.0. The topological polar surface area (TPSA) is 87.7 Å². The van der Waals surface area contributed by atoms with Gasteiger partial charge in [0.15, 0.2) is 12.5 Å². The third kappa shape index (κ3) is 4.97. The molecule has 6 nitrogen and oxygen atoms in total. The number of hydrogen-bond acceptors (Lipinski definition) is 4. The first-order valence-corrected chi connectivity index (χ1v) is 15.6. The van der Waals surface area contributed by atoms with Gasteiger partial charge in [0, 0.05) is 31.4 Å². The molecule has 3 N–H and O–H groups in total. The van der Waals surface area contributed by atoms with Crippen molar-refractivity contribution < 1.29 is 37.0 Å². The quantitative estimate of drug-likeness (QED) is 0.111. The van der Waals surface area contributed by atoms with Crippen molar-refractivity contribution in [3.8, 4) is 0 Å². The zero-order valence-electron chi connectivity index (χ0n) is 21.3. The van der Waals surface area contributed by atoms with Crippen LogP contribution >= 0.6 is 19.0 Å². The number of amides is 2. The molecule has 6 bridgehead atoms. The molecule has 3 atom stereocenters. The van der Waals surface area contributed by atoms with Crippen LogP contribution in [-0.2, 0) is 14.3 Å². The first kappa shape index (κ1) is 28.4. The third-order valence-corrected chi connectivity index (χ3v) is 13.5. The van der Waals surface area contributed by atoms with Crippen LogP contribution in [0, 0.1) is 17.3 Å². The summed E-state index contributed by atoms with van der Waals surface area (Å²) in [7, 11) is -2.38. The van der Waals surface area contributed by atoms with E-state index in [1.165, 1.54) is 0 Å². The molecule has 0 spiro atoms. The Morgan fingerprint density at radius 3 is 2.41 bits per heavy atom. The third-order valence-electron chi connectivity index (χ3n) is 8.96. The molecule has 3 aliphatic carbocycles. The van der Waals surface area contributed by atoms with Crippen molar-refractivity contribution in [2.75, 3.05) is 25.5 Å². The van der Waals surface area contributed by atoms with Crippen LogP contribution < -0.4 is 10.4 Å². The van der Waals surface area contributed by atoms with Crippen LogP contribution in [0.15, 0.2) is 58.1 Å². The van der Waals surface area contributed by atoms with E-state index < -0.39 is 49.1 Å². The van der Waals surface area contributed by atoms with Crippen LogP contribution in [0.4, 0.5) is 17.6 Å². The number of nitrogens with one attached hydrogen (secondary N) is 2. The number of carbonyl (C=O) groups excluding carboxylic acids is 2. The molecule has 0 aromatic carbocycles. The molecule has 2 saturated carbocycles. The minimum absolute atomic E-state index is 0.172. The number of alkyl halides is 3. The number of allylic oxidation sites excluding steroid dienone is 6. The van der Waals surface area contributed by atoms with E-state index in [1.54, 1.807) is 0 Å². The summed E-state index contributed by atoms with van der Waals surface area (Å²) in [5, 5.41) is 16.6. The van der Waals surface area contributed by atoms with Crippen molar-refractivity contribution in [1.82, 2.24) is 10.4 Å². The van der Waals surface area contributed by atoms with Crippen LogP contribution in [0.25, 0.3) is 0 Å². The van der Waals surface area contributed by atoms with Crippen LogP contribution in [0.2, 0.25) is 0 Å². The van der Waals surface area contributed by atoms with Crippen molar-refractivity contribution in [3.05, 3.63) is 58.1 Å². The fourth-order valence-electron chi connectivity index (χ4n) is 7.28. The van der Waals surface area contributed by atoms with E-state index in [9.17, 15) is 32.3 Å². The highest BCUT2D eigenvalue weighted by Crippen LogP contribution is 2.76. The van der Waals surface area contributed by atoms with Crippen molar-refractivity contribution in [2.24, 2.45) is 17.3 Å². The highest BCUT2D eigenvalue weighted by atomic mass is 35.5. The molecule has 0 aromatic heterocycles. The standard InChI is InChI=1S/C27H30ClF4N2O4P/c1-2-20(28)21(29)7-9-38-13-22(35)34-39-10-8-26(14-39,11-23(39)36)25(37)33-12-19-15-3-4-16(19)18-6-5-17(15)24(18)27(30,31)32/h2,7,9,19,23-24,36H,1,3-6,8,10-14H2,(H-,33,34,35,37)/p+1/b9-7+,21-20-. The molecule has 3 unspecified atom stereocenters. The Balaban J connectivity index is 1.18. The molecule has 2 aliphatic heterocycles. The molecular weight excluding hydrogens is 559 g/mol. The maximum atomic E-state index is 13.7. The summed E-state index contributed by atoms with van der Waals surface area (Å²) >= 11 is 5.59. The van der Waals surface area contributed by atoms with Gasteiger partial charge in [-0.3, -0.25) is 9.59 Å². The Kier molecular flexibility index (Phi) is 7.53. The second kappa shape index (κ2) is 10.3. The lowest BCUT2D eigenvalue weighted by atomic mass is 9.80. The SMILES string of the molecule is C=C/C(Cl)=C(F)\C=C\OCC(=O)N[P+]12CCC(C(=O)NCC3C4=C5CCC(=C3CC4)C5C(F)(F)F)(CC1O)C2. The Morgan fingerprint density at radius 1 is 1.18 bits per heavy atom. The summed E-state index contributed by atoms with van der Waals surface area (Å²) in [6.45, 7) is 3.22. The minimum atomic E-state index is -4.27. The number of hydrogen-bond donors (Lipinski definition) is 3. The van der Waals surface area contributed by atoms with E-state index in [2.05, 4.69) is 17.0 Å².